The van der Waals surface area contributed by atoms with E-state index in [0.29, 0.717) is 19.8 Å². The molecular formula is C8H20NO3P. The van der Waals surface area contributed by atoms with Crippen LogP contribution in [0, 0.1) is 0 Å². The zero-order chi connectivity index (χ0) is 10.2. The standard InChI is InChI=1S/C8H20NO3P/c1-4-7-11-13(10,9-6-3)12-8-5-2/h4-8H2,1-3H3,(H,9,10). The molecule has 0 aliphatic carbocycles. The molecule has 0 unspecified atom stereocenters. The molecule has 0 aromatic heterocycles. The van der Waals surface area contributed by atoms with E-state index in [1.807, 2.05) is 20.8 Å². The van der Waals surface area contributed by atoms with Gasteiger partial charge in [-0.15, -0.1) is 0 Å². The Morgan fingerprint density at radius 2 is 1.54 bits per heavy atom. The molecule has 0 rings (SSSR count). The first-order valence-corrected chi connectivity index (χ1v) is 6.37. The molecule has 0 atom stereocenters. The molecule has 0 aliphatic rings. The molecule has 0 amide bonds. The van der Waals surface area contributed by atoms with E-state index < -0.39 is 7.75 Å². The van der Waals surface area contributed by atoms with Crippen molar-refractivity contribution in [2.24, 2.45) is 0 Å². The molecule has 5 heteroatoms. The maximum Gasteiger partial charge on any atom is 0.405 e. The molecule has 0 fully saturated rings. The maximum atomic E-state index is 11.8. The Morgan fingerprint density at radius 3 is 1.85 bits per heavy atom. The van der Waals surface area contributed by atoms with Gasteiger partial charge in [-0.2, -0.15) is 0 Å². The molecular weight excluding hydrogens is 189 g/mol. The summed E-state index contributed by atoms with van der Waals surface area (Å²) >= 11 is 0. The summed E-state index contributed by atoms with van der Waals surface area (Å²) in [7, 11) is -3.00. The van der Waals surface area contributed by atoms with Crippen LogP contribution in [0.1, 0.15) is 33.6 Å². The third kappa shape index (κ3) is 6.22. The fraction of sp³-hybridized carbons (Fsp3) is 1.00. The van der Waals surface area contributed by atoms with Crippen molar-refractivity contribution in [2.45, 2.75) is 33.6 Å². The Bertz CT molecular complexity index is 151. The van der Waals surface area contributed by atoms with Gasteiger partial charge in [-0.05, 0) is 12.8 Å². The van der Waals surface area contributed by atoms with Gasteiger partial charge in [0.2, 0.25) is 0 Å². The molecule has 0 aliphatic heterocycles. The zero-order valence-electron chi connectivity index (χ0n) is 8.71. The minimum atomic E-state index is -3.00. The van der Waals surface area contributed by atoms with Gasteiger partial charge in [0.05, 0.1) is 13.2 Å². The van der Waals surface area contributed by atoms with E-state index in [9.17, 15) is 4.57 Å². The van der Waals surface area contributed by atoms with Gasteiger partial charge in [0.15, 0.2) is 0 Å². The van der Waals surface area contributed by atoms with Gasteiger partial charge in [0.25, 0.3) is 0 Å². The van der Waals surface area contributed by atoms with Crippen LogP contribution < -0.4 is 5.09 Å². The second-order valence-electron chi connectivity index (χ2n) is 2.68. The van der Waals surface area contributed by atoms with Gasteiger partial charge in [-0.25, -0.2) is 9.65 Å². The van der Waals surface area contributed by atoms with Gasteiger partial charge >= 0.3 is 7.75 Å². The second kappa shape index (κ2) is 7.51. The van der Waals surface area contributed by atoms with Crippen molar-refractivity contribution in [1.82, 2.24) is 5.09 Å². The summed E-state index contributed by atoms with van der Waals surface area (Å²) < 4.78 is 22.1. The van der Waals surface area contributed by atoms with E-state index >= 15 is 0 Å². The lowest BCUT2D eigenvalue weighted by Gasteiger charge is -2.17. The van der Waals surface area contributed by atoms with Crippen LogP contribution in [0.3, 0.4) is 0 Å². The van der Waals surface area contributed by atoms with E-state index in [-0.39, 0.29) is 0 Å². The normalized spacial score (nSPS) is 11.9. The molecule has 0 heterocycles. The van der Waals surface area contributed by atoms with E-state index in [1.165, 1.54) is 0 Å². The highest BCUT2D eigenvalue weighted by molar-refractivity contribution is 7.51. The van der Waals surface area contributed by atoms with Crippen molar-refractivity contribution in [3.8, 4) is 0 Å². The lowest BCUT2D eigenvalue weighted by molar-refractivity contribution is 0.196. The van der Waals surface area contributed by atoms with Crippen LogP contribution in [0.25, 0.3) is 0 Å². The fourth-order valence-corrected chi connectivity index (χ4v) is 2.24. The van der Waals surface area contributed by atoms with Crippen LogP contribution in [0.15, 0.2) is 0 Å². The molecule has 1 N–H and O–H groups in total. The van der Waals surface area contributed by atoms with Crippen LogP contribution >= 0.6 is 7.75 Å². The topological polar surface area (TPSA) is 47.6 Å². The Labute approximate surface area is 80.6 Å². The number of hydrogen-bond donors (Lipinski definition) is 1. The predicted molar refractivity (Wildman–Crippen MR) is 53.8 cm³/mol. The molecule has 0 saturated carbocycles. The van der Waals surface area contributed by atoms with Crippen LogP contribution in [-0.4, -0.2) is 19.8 Å². The predicted octanol–water partition coefficient (Wildman–Crippen LogP) is 2.56. The van der Waals surface area contributed by atoms with Crippen molar-refractivity contribution in [1.29, 1.82) is 0 Å². The fourth-order valence-electron chi connectivity index (χ4n) is 0.745. The smallest absolute Gasteiger partial charge is 0.297 e. The first-order valence-electron chi connectivity index (χ1n) is 4.82. The lowest BCUT2D eigenvalue weighted by Crippen LogP contribution is -2.14. The molecule has 0 bridgehead atoms. The number of hydrogen-bond acceptors (Lipinski definition) is 3. The molecule has 0 aromatic carbocycles. The highest BCUT2D eigenvalue weighted by Gasteiger charge is 2.21. The van der Waals surface area contributed by atoms with Crippen molar-refractivity contribution in [2.75, 3.05) is 19.8 Å². The van der Waals surface area contributed by atoms with Crippen LogP contribution in [0.2, 0.25) is 0 Å². The summed E-state index contributed by atoms with van der Waals surface area (Å²) in [6, 6.07) is 0. The average molecular weight is 209 g/mol. The molecule has 0 radical (unpaired) electrons. The summed E-state index contributed by atoms with van der Waals surface area (Å²) in [5.41, 5.74) is 0. The Hall–Kier alpha value is 0.110. The molecule has 13 heavy (non-hydrogen) atoms. The van der Waals surface area contributed by atoms with E-state index in [0.717, 1.165) is 12.8 Å². The maximum absolute atomic E-state index is 11.8. The first kappa shape index (κ1) is 13.1. The monoisotopic (exact) mass is 209 g/mol. The van der Waals surface area contributed by atoms with Gasteiger partial charge in [0.1, 0.15) is 0 Å². The van der Waals surface area contributed by atoms with E-state index in [4.69, 9.17) is 9.05 Å². The van der Waals surface area contributed by atoms with Crippen molar-refractivity contribution in [3.63, 3.8) is 0 Å². The summed E-state index contributed by atoms with van der Waals surface area (Å²) in [6.45, 7) is 7.33. The largest absolute Gasteiger partial charge is 0.405 e. The van der Waals surface area contributed by atoms with Crippen molar-refractivity contribution >= 4 is 7.75 Å². The van der Waals surface area contributed by atoms with Crippen LogP contribution in [0.4, 0.5) is 0 Å². The molecule has 0 spiro atoms. The van der Waals surface area contributed by atoms with Crippen molar-refractivity contribution < 1.29 is 13.6 Å². The van der Waals surface area contributed by atoms with Crippen molar-refractivity contribution in [3.05, 3.63) is 0 Å². The quantitative estimate of drug-likeness (QED) is 0.624. The lowest BCUT2D eigenvalue weighted by atomic mass is 10.5. The summed E-state index contributed by atoms with van der Waals surface area (Å²) in [4.78, 5) is 0. The minimum absolute atomic E-state index is 0.466. The molecule has 0 aromatic rings. The Kier molecular flexibility index (Phi) is 7.57. The minimum Gasteiger partial charge on any atom is -0.297 e. The van der Waals surface area contributed by atoms with Gasteiger partial charge in [-0.1, -0.05) is 20.8 Å². The number of rotatable bonds is 8. The van der Waals surface area contributed by atoms with Gasteiger partial charge < -0.3 is 0 Å². The molecule has 0 saturated heterocycles. The highest BCUT2D eigenvalue weighted by Crippen LogP contribution is 2.43. The molecule has 80 valence electrons. The van der Waals surface area contributed by atoms with E-state index in [1.54, 1.807) is 0 Å². The third-order valence-corrected chi connectivity index (χ3v) is 3.03. The Morgan fingerprint density at radius 1 is 1.08 bits per heavy atom. The average Bonchev–Trinajstić information content (AvgIpc) is 2.12. The van der Waals surface area contributed by atoms with Gasteiger partial charge in [-0.3, -0.25) is 9.05 Å². The Balaban J connectivity index is 3.92. The zero-order valence-corrected chi connectivity index (χ0v) is 9.60. The van der Waals surface area contributed by atoms with Gasteiger partial charge in [0, 0.05) is 6.54 Å². The SMILES string of the molecule is CCCOP(=O)(NCC)OCCC. The van der Waals surface area contributed by atoms with E-state index in [2.05, 4.69) is 5.09 Å². The third-order valence-electron chi connectivity index (χ3n) is 1.28. The summed E-state index contributed by atoms with van der Waals surface area (Å²) in [5, 5.41) is 2.74. The summed E-state index contributed by atoms with van der Waals surface area (Å²) in [5.74, 6) is 0. The van der Waals surface area contributed by atoms with Crippen LogP contribution in [-0.2, 0) is 13.6 Å². The first-order chi connectivity index (χ1) is 6.18. The molecule has 4 nitrogen and oxygen atoms in total. The highest BCUT2D eigenvalue weighted by atomic mass is 31.2. The van der Waals surface area contributed by atoms with Crippen LogP contribution in [0.5, 0.6) is 0 Å². The summed E-state index contributed by atoms with van der Waals surface area (Å²) in [6.07, 6.45) is 1.68. The second-order valence-corrected chi connectivity index (χ2v) is 4.50. The number of nitrogens with one attached hydrogen (secondary N) is 1.